The molecule has 0 bridgehead atoms. The molecule has 0 saturated carbocycles. The van der Waals surface area contributed by atoms with E-state index in [2.05, 4.69) is 22.5 Å². The summed E-state index contributed by atoms with van der Waals surface area (Å²) in [6.07, 6.45) is 1.27. The smallest absolute Gasteiger partial charge is 0.318 e. The maximum Gasteiger partial charge on any atom is 0.318 e. The molecule has 7 nitrogen and oxygen atoms in total. The molecule has 26 heavy (non-hydrogen) atoms. The fourth-order valence-electron chi connectivity index (χ4n) is 3.57. The number of nitrogens with one attached hydrogen (secondary N) is 1. The second kappa shape index (κ2) is 6.75. The number of amides is 2. The molecule has 0 spiro atoms. The van der Waals surface area contributed by atoms with Gasteiger partial charge in [-0.2, -0.15) is 5.10 Å². The number of benzene rings is 1. The van der Waals surface area contributed by atoms with Crippen molar-refractivity contribution in [2.45, 2.75) is 32.0 Å². The van der Waals surface area contributed by atoms with Crippen LogP contribution in [0.4, 0.5) is 4.79 Å². The Morgan fingerprint density at radius 3 is 2.77 bits per heavy atom. The predicted molar refractivity (Wildman–Crippen MR) is 97.5 cm³/mol. The first-order valence-corrected chi connectivity index (χ1v) is 10.7. The molecule has 2 aromatic rings. The minimum Gasteiger partial charge on any atom is -0.334 e. The Hall–Kier alpha value is -2.35. The third kappa shape index (κ3) is 3.75. The molecule has 2 aliphatic heterocycles. The Balaban J connectivity index is 1.39. The lowest BCUT2D eigenvalue weighted by Gasteiger charge is -2.28. The molecule has 1 atom stereocenters. The molecule has 0 aliphatic carbocycles. The molecule has 2 aliphatic rings. The molecule has 1 aromatic carbocycles. The molecule has 1 unspecified atom stereocenters. The monoisotopic (exact) mass is 374 g/mol. The largest absolute Gasteiger partial charge is 0.334 e. The first kappa shape index (κ1) is 17.1. The number of hydrogen-bond donors (Lipinski definition) is 1. The third-order valence-corrected chi connectivity index (χ3v) is 6.69. The van der Waals surface area contributed by atoms with Crippen molar-refractivity contribution in [3.05, 3.63) is 53.3 Å². The van der Waals surface area contributed by atoms with E-state index in [1.807, 2.05) is 28.9 Å². The molecule has 2 amide bonds. The molecule has 1 saturated heterocycles. The van der Waals surface area contributed by atoms with E-state index in [0.717, 1.165) is 17.8 Å². The van der Waals surface area contributed by atoms with E-state index in [0.29, 0.717) is 26.1 Å². The number of hydrogen-bond acceptors (Lipinski definition) is 4. The molecule has 0 radical (unpaired) electrons. The first-order valence-electron chi connectivity index (χ1n) is 8.84. The van der Waals surface area contributed by atoms with Crippen molar-refractivity contribution in [1.82, 2.24) is 20.0 Å². The topological polar surface area (TPSA) is 84.3 Å². The Labute approximate surface area is 152 Å². The quantitative estimate of drug-likeness (QED) is 0.875. The zero-order valence-electron chi connectivity index (χ0n) is 14.5. The second-order valence-electron chi connectivity index (χ2n) is 6.98. The third-order valence-electron chi connectivity index (χ3n) is 4.92. The van der Waals surface area contributed by atoms with Crippen LogP contribution < -0.4 is 5.32 Å². The van der Waals surface area contributed by atoms with E-state index in [1.54, 1.807) is 4.90 Å². The average Bonchev–Trinajstić information content (AvgIpc) is 3.16. The van der Waals surface area contributed by atoms with Crippen LogP contribution in [0.3, 0.4) is 0 Å². The highest BCUT2D eigenvalue weighted by molar-refractivity contribution is 7.91. The summed E-state index contributed by atoms with van der Waals surface area (Å²) < 4.78 is 25.0. The average molecular weight is 374 g/mol. The maximum atomic E-state index is 12.5. The van der Waals surface area contributed by atoms with Crippen LogP contribution in [0.5, 0.6) is 0 Å². The molecule has 3 heterocycles. The van der Waals surface area contributed by atoms with Gasteiger partial charge in [0.1, 0.15) is 0 Å². The lowest BCUT2D eigenvalue weighted by atomic mass is 10.1. The molecular weight excluding hydrogens is 352 g/mol. The lowest BCUT2D eigenvalue weighted by Crippen LogP contribution is -2.48. The number of fused-ring (bicyclic) bond motifs is 1. The van der Waals surface area contributed by atoms with Gasteiger partial charge in [0.05, 0.1) is 36.0 Å². The van der Waals surface area contributed by atoms with Crippen LogP contribution in [0.15, 0.2) is 36.4 Å². The highest BCUT2D eigenvalue weighted by Crippen LogP contribution is 2.17. The van der Waals surface area contributed by atoms with Gasteiger partial charge in [-0.25, -0.2) is 13.2 Å². The molecule has 1 fully saturated rings. The summed E-state index contributed by atoms with van der Waals surface area (Å²) in [6, 6.07) is 11.8. The Morgan fingerprint density at radius 1 is 1.23 bits per heavy atom. The fraction of sp³-hybridized carbons (Fsp3) is 0.444. The van der Waals surface area contributed by atoms with Gasteiger partial charge in [-0.1, -0.05) is 30.3 Å². The number of urea groups is 1. The van der Waals surface area contributed by atoms with Crippen molar-refractivity contribution in [2.75, 3.05) is 18.1 Å². The van der Waals surface area contributed by atoms with Crippen molar-refractivity contribution in [2.24, 2.45) is 0 Å². The zero-order valence-corrected chi connectivity index (χ0v) is 15.3. The normalized spacial score (nSPS) is 21.4. The van der Waals surface area contributed by atoms with Gasteiger partial charge < -0.3 is 10.2 Å². The van der Waals surface area contributed by atoms with Crippen LogP contribution >= 0.6 is 0 Å². The number of nitrogens with zero attached hydrogens (tertiary/aromatic N) is 3. The minimum absolute atomic E-state index is 0.0474. The highest BCUT2D eigenvalue weighted by atomic mass is 32.2. The van der Waals surface area contributed by atoms with E-state index in [-0.39, 0.29) is 23.6 Å². The summed E-state index contributed by atoms with van der Waals surface area (Å²) in [5.41, 5.74) is 3.21. The van der Waals surface area contributed by atoms with Crippen molar-refractivity contribution in [1.29, 1.82) is 0 Å². The number of sulfone groups is 1. The van der Waals surface area contributed by atoms with Crippen molar-refractivity contribution < 1.29 is 13.2 Å². The number of rotatable bonds is 3. The van der Waals surface area contributed by atoms with Gasteiger partial charge in [-0.05, 0) is 18.1 Å². The summed E-state index contributed by atoms with van der Waals surface area (Å²) >= 11 is 0. The Kier molecular flexibility index (Phi) is 4.44. The van der Waals surface area contributed by atoms with Crippen LogP contribution in [-0.4, -0.2) is 53.2 Å². The minimum atomic E-state index is -2.99. The van der Waals surface area contributed by atoms with Crippen LogP contribution in [0, 0.1) is 0 Å². The summed E-state index contributed by atoms with van der Waals surface area (Å²) in [7, 11) is -2.99. The van der Waals surface area contributed by atoms with Gasteiger partial charge in [0.25, 0.3) is 0 Å². The van der Waals surface area contributed by atoms with E-state index in [4.69, 9.17) is 0 Å². The van der Waals surface area contributed by atoms with Crippen LogP contribution in [0.25, 0.3) is 0 Å². The Morgan fingerprint density at radius 2 is 2.04 bits per heavy atom. The number of carbonyl (C=O) groups excluding carboxylic acids is 1. The molecule has 138 valence electrons. The predicted octanol–water partition coefficient (Wildman–Crippen LogP) is 1.19. The molecule has 1 aromatic heterocycles. The second-order valence-corrected chi connectivity index (χ2v) is 9.21. The molecular formula is C18H22N4O3S. The summed E-state index contributed by atoms with van der Waals surface area (Å²) in [6.45, 7) is 1.72. The SMILES string of the molecule is O=C(NC1CCS(=O)(=O)C1)N1CCn2nc(Cc3ccccc3)cc2C1. The van der Waals surface area contributed by atoms with Gasteiger partial charge in [0, 0.05) is 19.0 Å². The van der Waals surface area contributed by atoms with Gasteiger partial charge in [0.15, 0.2) is 9.84 Å². The Bertz CT molecular complexity index is 908. The number of carbonyl (C=O) groups is 1. The zero-order chi connectivity index (χ0) is 18.1. The van der Waals surface area contributed by atoms with E-state index < -0.39 is 9.84 Å². The summed E-state index contributed by atoms with van der Waals surface area (Å²) in [5.74, 6) is 0.208. The van der Waals surface area contributed by atoms with Gasteiger partial charge in [0.2, 0.25) is 0 Å². The van der Waals surface area contributed by atoms with E-state index in [9.17, 15) is 13.2 Å². The van der Waals surface area contributed by atoms with Crippen molar-refractivity contribution >= 4 is 15.9 Å². The van der Waals surface area contributed by atoms with Gasteiger partial charge >= 0.3 is 6.03 Å². The van der Waals surface area contributed by atoms with E-state index in [1.165, 1.54) is 5.56 Å². The van der Waals surface area contributed by atoms with E-state index >= 15 is 0 Å². The van der Waals surface area contributed by atoms with Crippen molar-refractivity contribution in [3.63, 3.8) is 0 Å². The summed E-state index contributed by atoms with van der Waals surface area (Å²) in [4.78, 5) is 14.2. The van der Waals surface area contributed by atoms with Crippen LogP contribution in [0.1, 0.15) is 23.4 Å². The standard InChI is InChI=1S/C18H22N4O3S/c23-18(19-15-6-9-26(24,25)13-15)21-7-8-22-17(12-21)11-16(20-22)10-14-4-2-1-3-5-14/h1-5,11,15H,6-10,12-13H2,(H,19,23). The van der Waals surface area contributed by atoms with Crippen LogP contribution in [0.2, 0.25) is 0 Å². The fourth-order valence-corrected chi connectivity index (χ4v) is 5.24. The summed E-state index contributed by atoms with van der Waals surface area (Å²) in [5, 5.41) is 7.50. The molecule has 4 rings (SSSR count). The van der Waals surface area contributed by atoms with Crippen LogP contribution in [-0.2, 0) is 29.3 Å². The molecule has 1 N–H and O–H groups in total. The molecule has 8 heteroatoms. The van der Waals surface area contributed by atoms with Gasteiger partial charge in [-0.15, -0.1) is 0 Å². The first-order chi connectivity index (χ1) is 12.5. The maximum absolute atomic E-state index is 12.5. The number of aromatic nitrogens is 2. The lowest BCUT2D eigenvalue weighted by molar-refractivity contribution is 0.178. The van der Waals surface area contributed by atoms with Crippen molar-refractivity contribution in [3.8, 4) is 0 Å². The highest BCUT2D eigenvalue weighted by Gasteiger charge is 2.31. The van der Waals surface area contributed by atoms with Gasteiger partial charge in [-0.3, -0.25) is 4.68 Å².